The first-order valence-corrected chi connectivity index (χ1v) is 9.12. The third-order valence-electron chi connectivity index (χ3n) is 5.74. The molecule has 1 N–H and O–H groups in total. The van der Waals surface area contributed by atoms with Crippen molar-refractivity contribution in [1.82, 2.24) is 9.97 Å². The first kappa shape index (κ1) is 16.5. The van der Waals surface area contributed by atoms with Crippen LogP contribution in [0.4, 0.5) is 5.82 Å². The Kier molecular flexibility index (Phi) is 4.68. The summed E-state index contributed by atoms with van der Waals surface area (Å²) in [5.41, 5.74) is 2.31. The van der Waals surface area contributed by atoms with Crippen molar-refractivity contribution in [2.45, 2.75) is 31.7 Å². The van der Waals surface area contributed by atoms with Crippen molar-refractivity contribution < 1.29 is 9.84 Å². The van der Waals surface area contributed by atoms with E-state index in [1.165, 1.54) is 0 Å². The number of hydrogen-bond donors (Lipinski definition) is 1. The summed E-state index contributed by atoms with van der Waals surface area (Å²) in [5.74, 6) is 0.915. The second kappa shape index (κ2) is 7.10. The lowest BCUT2D eigenvalue weighted by atomic mass is 9.72. The van der Waals surface area contributed by atoms with Gasteiger partial charge in [-0.3, -0.25) is 0 Å². The van der Waals surface area contributed by atoms with Crippen LogP contribution >= 0.6 is 0 Å². The molecule has 0 radical (unpaired) electrons. The topological polar surface area (TPSA) is 58.5 Å². The van der Waals surface area contributed by atoms with Crippen molar-refractivity contribution in [3.05, 3.63) is 42.7 Å². The normalized spacial score (nSPS) is 22.9. The second-order valence-electron chi connectivity index (χ2n) is 7.24. The van der Waals surface area contributed by atoms with Crippen LogP contribution in [0.3, 0.4) is 0 Å². The summed E-state index contributed by atoms with van der Waals surface area (Å²) in [6, 6.07) is 12.4. The number of hydrogen-bond acceptors (Lipinski definition) is 5. The van der Waals surface area contributed by atoms with Gasteiger partial charge < -0.3 is 14.7 Å². The summed E-state index contributed by atoms with van der Waals surface area (Å²) in [6.45, 7) is 2.79. The molecule has 2 saturated heterocycles. The number of aliphatic hydroxyl groups excluding tert-OH is 1. The van der Waals surface area contributed by atoms with Gasteiger partial charge in [-0.25, -0.2) is 9.97 Å². The SMILES string of the molecule is OCC1CCC2(CCOCC2)CN1c1cc(-c2ccccc2)ncn1. The summed E-state index contributed by atoms with van der Waals surface area (Å²) >= 11 is 0. The summed E-state index contributed by atoms with van der Waals surface area (Å²) in [4.78, 5) is 11.3. The molecular weight excluding hydrogens is 314 g/mol. The Bertz CT molecular complexity index is 701. The van der Waals surface area contributed by atoms with E-state index in [0.717, 1.165) is 62.5 Å². The molecule has 1 unspecified atom stereocenters. The number of anilines is 1. The fraction of sp³-hybridized carbons (Fsp3) is 0.500. The van der Waals surface area contributed by atoms with Gasteiger partial charge in [0.2, 0.25) is 0 Å². The maximum Gasteiger partial charge on any atom is 0.132 e. The van der Waals surface area contributed by atoms with Crippen molar-refractivity contribution in [3.8, 4) is 11.3 Å². The number of aromatic nitrogens is 2. The van der Waals surface area contributed by atoms with Gasteiger partial charge in [-0.2, -0.15) is 0 Å². The van der Waals surface area contributed by atoms with Crippen LogP contribution in [0.25, 0.3) is 11.3 Å². The van der Waals surface area contributed by atoms with Crippen LogP contribution in [0.15, 0.2) is 42.7 Å². The number of nitrogens with zero attached hydrogens (tertiary/aromatic N) is 3. The predicted octanol–water partition coefficient (Wildman–Crippen LogP) is 2.90. The first-order chi connectivity index (χ1) is 12.3. The van der Waals surface area contributed by atoms with Crippen molar-refractivity contribution >= 4 is 5.82 Å². The number of aliphatic hydroxyl groups is 1. The van der Waals surface area contributed by atoms with Crippen LogP contribution < -0.4 is 4.90 Å². The average Bonchev–Trinajstić information content (AvgIpc) is 2.69. The lowest BCUT2D eigenvalue weighted by molar-refractivity contribution is 0.000832. The lowest BCUT2D eigenvalue weighted by Crippen LogP contribution is -2.52. The molecule has 3 heterocycles. The Balaban J connectivity index is 1.64. The van der Waals surface area contributed by atoms with E-state index >= 15 is 0 Å². The van der Waals surface area contributed by atoms with Gasteiger partial charge in [-0.15, -0.1) is 0 Å². The number of piperidine rings is 1. The molecule has 1 atom stereocenters. The van der Waals surface area contributed by atoms with E-state index in [2.05, 4.69) is 33.1 Å². The molecule has 0 saturated carbocycles. The second-order valence-corrected chi connectivity index (χ2v) is 7.24. The number of rotatable bonds is 3. The van der Waals surface area contributed by atoms with Gasteiger partial charge in [0.1, 0.15) is 12.1 Å². The smallest absolute Gasteiger partial charge is 0.132 e. The maximum absolute atomic E-state index is 9.89. The van der Waals surface area contributed by atoms with Crippen LogP contribution in [0.1, 0.15) is 25.7 Å². The fourth-order valence-corrected chi connectivity index (χ4v) is 4.14. The summed E-state index contributed by atoms with van der Waals surface area (Å²) < 4.78 is 5.57. The Labute approximate surface area is 148 Å². The number of ether oxygens (including phenoxy) is 1. The molecule has 132 valence electrons. The lowest BCUT2D eigenvalue weighted by Gasteiger charge is -2.48. The Morgan fingerprint density at radius 1 is 1.12 bits per heavy atom. The van der Waals surface area contributed by atoms with Crippen LogP contribution in [0, 0.1) is 5.41 Å². The number of benzene rings is 1. The van der Waals surface area contributed by atoms with Crippen LogP contribution in [-0.2, 0) is 4.74 Å². The van der Waals surface area contributed by atoms with Gasteiger partial charge in [0.25, 0.3) is 0 Å². The minimum atomic E-state index is 0.131. The molecule has 5 nitrogen and oxygen atoms in total. The monoisotopic (exact) mass is 339 g/mol. The van der Waals surface area contributed by atoms with Crippen LogP contribution in [0.2, 0.25) is 0 Å². The largest absolute Gasteiger partial charge is 0.394 e. The standard InChI is InChI=1S/C20H25N3O2/c24-13-17-6-7-20(8-10-25-11-9-20)14-23(17)19-12-18(21-15-22-19)16-4-2-1-3-5-16/h1-5,12,15,17,24H,6-11,13-14H2. The quantitative estimate of drug-likeness (QED) is 0.932. The summed E-state index contributed by atoms with van der Waals surface area (Å²) in [7, 11) is 0. The van der Waals surface area contributed by atoms with E-state index in [1.807, 2.05) is 18.2 Å². The van der Waals surface area contributed by atoms with Crippen molar-refractivity contribution in [3.63, 3.8) is 0 Å². The molecule has 5 heteroatoms. The van der Waals surface area contributed by atoms with E-state index in [9.17, 15) is 5.11 Å². The molecule has 0 aliphatic carbocycles. The molecule has 0 bridgehead atoms. The van der Waals surface area contributed by atoms with Gasteiger partial charge in [0, 0.05) is 31.4 Å². The van der Waals surface area contributed by atoms with Crippen molar-refractivity contribution in [2.24, 2.45) is 5.41 Å². The minimum Gasteiger partial charge on any atom is -0.394 e. The molecular formula is C20H25N3O2. The summed E-state index contributed by atoms with van der Waals surface area (Å²) in [6.07, 6.45) is 5.99. The predicted molar refractivity (Wildman–Crippen MR) is 97.4 cm³/mol. The van der Waals surface area contributed by atoms with Gasteiger partial charge in [0.15, 0.2) is 0 Å². The van der Waals surface area contributed by atoms with E-state index < -0.39 is 0 Å². The van der Waals surface area contributed by atoms with Gasteiger partial charge in [-0.05, 0) is 31.1 Å². The van der Waals surface area contributed by atoms with E-state index in [-0.39, 0.29) is 12.6 Å². The van der Waals surface area contributed by atoms with Crippen LogP contribution in [0.5, 0.6) is 0 Å². The molecule has 2 aliphatic rings. The fourth-order valence-electron chi connectivity index (χ4n) is 4.14. The molecule has 2 aromatic rings. The molecule has 2 aliphatic heterocycles. The van der Waals surface area contributed by atoms with E-state index in [4.69, 9.17) is 4.74 Å². The zero-order valence-electron chi connectivity index (χ0n) is 14.5. The van der Waals surface area contributed by atoms with Crippen molar-refractivity contribution in [1.29, 1.82) is 0 Å². The highest BCUT2D eigenvalue weighted by Gasteiger charge is 2.41. The minimum absolute atomic E-state index is 0.131. The molecule has 2 fully saturated rings. The van der Waals surface area contributed by atoms with Gasteiger partial charge >= 0.3 is 0 Å². The van der Waals surface area contributed by atoms with Gasteiger partial charge in [0.05, 0.1) is 18.3 Å². The Hall–Kier alpha value is -1.98. The van der Waals surface area contributed by atoms with E-state index in [1.54, 1.807) is 6.33 Å². The third-order valence-corrected chi connectivity index (χ3v) is 5.74. The Morgan fingerprint density at radius 3 is 2.68 bits per heavy atom. The van der Waals surface area contributed by atoms with Crippen LogP contribution in [-0.4, -0.2) is 47.5 Å². The average molecular weight is 339 g/mol. The first-order valence-electron chi connectivity index (χ1n) is 9.12. The zero-order valence-corrected chi connectivity index (χ0v) is 14.5. The molecule has 0 amide bonds. The zero-order chi connectivity index (χ0) is 17.1. The third kappa shape index (κ3) is 3.39. The molecule has 25 heavy (non-hydrogen) atoms. The summed E-state index contributed by atoms with van der Waals surface area (Å²) in [5, 5.41) is 9.89. The molecule has 1 aromatic heterocycles. The maximum atomic E-state index is 9.89. The molecule has 1 spiro atoms. The highest BCUT2D eigenvalue weighted by atomic mass is 16.5. The Morgan fingerprint density at radius 2 is 1.92 bits per heavy atom. The highest BCUT2D eigenvalue weighted by Crippen LogP contribution is 2.42. The molecule has 1 aromatic carbocycles. The highest BCUT2D eigenvalue weighted by molar-refractivity contribution is 5.62. The van der Waals surface area contributed by atoms with E-state index in [0.29, 0.717) is 5.41 Å². The van der Waals surface area contributed by atoms with Crippen molar-refractivity contribution in [2.75, 3.05) is 31.3 Å². The van der Waals surface area contributed by atoms with Gasteiger partial charge in [-0.1, -0.05) is 30.3 Å². The molecule has 4 rings (SSSR count).